The summed E-state index contributed by atoms with van der Waals surface area (Å²) in [5, 5.41) is 13.7. The molecule has 0 spiro atoms. The van der Waals surface area contributed by atoms with Crippen LogP contribution in [0.15, 0.2) is 24.4 Å². The Morgan fingerprint density at radius 3 is 2.95 bits per heavy atom. The molecule has 0 unspecified atom stereocenters. The molecule has 0 radical (unpaired) electrons. The zero-order chi connectivity index (χ0) is 13.3. The van der Waals surface area contributed by atoms with E-state index in [1.54, 1.807) is 0 Å². The Morgan fingerprint density at radius 1 is 1.37 bits per heavy atom. The lowest BCUT2D eigenvalue weighted by Gasteiger charge is -2.22. The molecular weight excluding hydrogens is 238 g/mol. The average Bonchev–Trinajstić information content (AvgIpc) is 2.95. The maximum absolute atomic E-state index is 10.3. The lowest BCUT2D eigenvalue weighted by molar-refractivity contribution is 0.0474. The Morgan fingerprint density at radius 2 is 2.16 bits per heavy atom. The van der Waals surface area contributed by atoms with Gasteiger partial charge in [0.1, 0.15) is 5.65 Å². The lowest BCUT2D eigenvalue weighted by Crippen LogP contribution is -2.37. The highest BCUT2D eigenvalue weighted by Crippen LogP contribution is 2.28. The SMILES string of the molecule is Cc1nc2ccccn2c1CNCC1(O)CCCC1. The normalized spacial score (nSPS) is 18.2. The highest BCUT2D eigenvalue weighted by molar-refractivity contribution is 5.42. The first kappa shape index (κ1) is 12.6. The van der Waals surface area contributed by atoms with Gasteiger partial charge in [-0.15, -0.1) is 0 Å². The number of nitrogens with one attached hydrogen (secondary N) is 1. The molecular formula is C15H21N3O. The molecule has 1 fully saturated rings. The second kappa shape index (κ2) is 4.94. The van der Waals surface area contributed by atoms with Crippen LogP contribution >= 0.6 is 0 Å². The van der Waals surface area contributed by atoms with Crippen molar-refractivity contribution in [3.05, 3.63) is 35.8 Å². The molecule has 2 N–H and O–H groups in total. The van der Waals surface area contributed by atoms with Gasteiger partial charge in [0.05, 0.1) is 17.0 Å². The molecule has 1 aliphatic carbocycles. The van der Waals surface area contributed by atoms with Crippen LogP contribution in [0.25, 0.3) is 5.65 Å². The summed E-state index contributed by atoms with van der Waals surface area (Å²) in [6.45, 7) is 3.46. The van der Waals surface area contributed by atoms with Gasteiger partial charge >= 0.3 is 0 Å². The maximum atomic E-state index is 10.3. The summed E-state index contributed by atoms with van der Waals surface area (Å²) in [5.41, 5.74) is 2.72. The van der Waals surface area contributed by atoms with Crippen LogP contribution in [0.5, 0.6) is 0 Å². The maximum Gasteiger partial charge on any atom is 0.137 e. The van der Waals surface area contributed by atoms with E-state index in [2.05, 4.69) is 14.7 Å². The predicted octanol–water partition coefficient (Wildman–Crippen LogP) is 2.04. The van der Waals surface area contributed by atoms with Crippen LogP contribution in [0.4, 0.5) is 0 Å². The number of fused-ring (bicyclic) bond motifs is 1. The molecule has 4 nitrogen and oxygen atoms in total. The molecule has 3 rings (SSSR count). The van der Waals surface area contributed by atoms with E-state index in [-0.39, 0.29) is 0 Å². The van der Waals surface area contributed by atoms with Crippen molar-refractivity contribution in [1.29, 1.82) is 0 Å². The fourth-order valence-corrected chi connectivity index (χ4v) is 3.00. The molecule has 1 saturated carbocycles. The van der Waals surface area contributed by atoms with Crippen LogP contribution in [-0.4, -0.2) is 26.6 Å². The molecule has 0 atom stereocenters. The van der Waals surface area contributed by atoms with Crippen molar-refractivity contribution in [2.24, 2.45) is 0 Å². The van der Waals surface area contributed by atoms with Gasteiger partial charge in [0.15, 0.2) is 0 Å². The minimum atomic E-state index is -0.492. The van der Waals surface area contributed by atoms with Crippen LogP contribution < -0.4 is 5.32 Å². The number of aryl methyl sites for hydroxylation is 1. The number of nitrogens with zero attached hydrogens (tertiary/aromatic N) is 2. The topological polar surface area (TPSA) is 49.6 Å². The van der Waals surface area contributed by atoms with Crippen molar-refractivity contribution in [3.8, 4) is 0 Å². The van der Waals surface area contributed by atoms with E-state index in [9.17, 15) is 5.11 Å². The van der Waals surface area contributed by atoms with Crippen molar-refractivity contribution in [1.82, 2.24) is 14.7 Å². The molecule has 2 aromatic heterocycles. The molecule has 102 valence electrons. The van der Waals surface area contributed by atoms with Gasteiger partial charge in [-0.2, -0.15) is 0 Å². The molecule has 0 aromatic carbocycles. The van der Waals surface area contributed by atoms with Gasteiger partial charge in [0, 0.05) is 19.3 Å². The van der Waals surface area contributed by atoms with Crippen molar-refractivity contribution < 1.29 is 5.11 Å². The van der Waals surface area contributed by atoms with Gasteiger partial charge in [-0.25, -0.2) is 4.98 Å². The Balaban J connectivity index is 1.70. The third kappa shape index (κ3) is 2.51. The van der Waals surface area contributed by atoms with E-state index < -0.39 is 5.60 Å². The zero-order valence-corrected chi connectivity index (χ0v) is 11.4. The molecule has 0 saturated heterocycles. The summed E-state index contributed by atoms with van der Waals surface area (Å²) in [7, 11) is 0. The van der Waals surface area contributed by atoms with E-state index in [0.717, 1.165) is 43.6 Å². The van der Waals surface area contributed by atoms with Crippen molar-refractivity contribution in [2.75, 3.05) is 6.54 Å². The summed E-state index contributed by atoms with van der Waals surface area (Å²) in [5.74, 6) is 0. The lowest BCUT2D eigenvalue weighted by atomic mass is 10.0. The summed E-state index contributed by atoms with van der Waals surface area (Å²) in [6, 6.07) is 6.03. The summed E-state index contributed by atoms with van der Waals surface area (Å²) >= 11 is 0. The molecule has 0 amide bonds. The van der Waals surface area contributed by atoms with Gasteiger partial charge in [0.25, 0.3) is 0 Å². The van der Waals surface area contributed by atoms with Gasteiger partial charge < -0.3 is 14.8 Å². The van der Waals surface area contributed by atoms with Gasteiger partial charge in [-0.05, 0) is 31.9 Å². The minimum Gasteiger partial charge on any atom is -0.389 e. The summed E-state index contributed by atoms with van der Waals surface area (Å²) in [4.78, 5) is 4.54. The number of imidazole rings is 1. The van der Waals surface area contributed by atoms with E-state index in [1.165, 1.54) is 5.69 Å². The quantitative estimate of drug-likeness (QED) is 0.883. The Hall–Kier alpha value is -1.39. The largest absolute Gasteiger partial charge is 0.389 e. The number of hydrogen-bond donors (Lipinski definition) is 2. The number of pyridine rings is 1. The third-order valence-corrected chi connectivity index (χ3v) is 4.11. The number of rotatable bonds is 4. The summed E-state index contributed by atoms with van der Waals surface area (Å²) in [6.07, 6.45) is 6.18. The van der Waals surface area contributed by atoms with Gasteiger partial charge in [0.2, 0.25) is 0 Å². The fourth-order valence-electron chi connectivity index (χ4n) is 3.00. The van der Waals surface area contributed by atoms with Crippen LogP contribution in [0.2, 0.25) is 0 Å². The second-order valence-corrected chi connectivity index (χ2v) is 5.61. The second-order valence-electron chi connectivity index (χ2n) is 5.61. The molecule has 0 aliphatic heterocycles. The van der Waals surface area contributed by atoms with Crippen molar-refractivity contribution >= 4 is 5.65 Å². The van der Waals surface area contributed by atoms with Crippen molar-refractivity contribution in [2.45, 2.75) is 44.8 Å². The molecule has 1 aliphatic rings. The van der Waals surface area contributed by atoms with Crippen LogP contribution in [0, 0.1) is 6.92 Å². The minimum absolute atomic E-state index is 0.492. The fraction of sp³-hybridized carbons (Fsp3) is 0.533. The van der Waals surface area contributed by atoms with E-state index in [0.29, 0.717) is 6.54 Å². The zero-order valence-electron chi connectivity index (χ0n) is 11.4. The Bertz CT molecular complexity index is 570. The Labute approximate surface area is 113 Å². The number of hydrogen-bond acceptors (Lipinski definition) is 3. The highest BCUT2D eigenvalue weighted by Gasteiger charge is 2.30. The highest BCUT2D eigenvalue weighted by atomic mass is 16.3. The molecule has 2 aromatic rings. The van der Waals surface area contributed by atoms with E-state index >= 15 is 0 Å². The third-order valence-electron chi connectivity index (χ3n) is 4.11. The van der Waals surface area contributed by atoms with Crippen LogP contribution in [0.1, 0.15) is 37.1 Å². The molecule has 4 heteroatoms. The van der Waals surface area contributed by atoms with Crippen LogP contribution in [0.3, 0.4) is 0 Å². The molecule has 2 heterocycles. The summed E-state index contributed by atoms with van der Waals surface area (Å²) < 4.78 is 2.11. The van der Waals surface area contributed by atoms with E-state index in [1.807, 2.05) is 31.3 Å². The molecule has 19 heavy (non-hydrogen) atoms. The van der Waals surface area contributed by atoms with Crippen molar-refractivity contribution in [3.63, 3.8) is 0 Å². The smallest absolute Gasteiger partial charge is 0.137 e. The first-order valence-corrected chi connectivity index (χ1v) is 7.04. The Kier molecular flexibility index (Phi) is 3.29. The van der Waals surface area contributed by atoms with Gasteiger partial charge in [-0.3, -0.25) is 0 Å². The van der Waals surface area contributed by atoms with Crippen LogP contribution in [-0.2, 0) is 6.54 Å². The monoisotopic (exact) mass is 259 g/mol. The first-order valence-electron chi connectivity index (χ1n) is 7.04. The van der Waals surface area contributed by atoms with E-state index in [4.69, 9.17) is 0 Å². The first-order chi connectivity index (χ1) is 9.18. The average molecular weight is 259 g/mol. The number of aromatic nitrogens is 2. The number of aliphatic hydroxyl groups is 1. The van der Waals surface area contributed by atoms with Gasteiger partial charge in [-0.1, -0.05) is 18.9 Å². The standard InChI is InChI=1S/C15H21N3O/c1-12-13(18-9-5-2-6-14(18)17-12)10-16-11-15(19)7-3-4-8-15/h2,5-6,9,16,19H,3-4,7-8,10-11H2,1H3. The molecule has 0 bridgehead atoms. The predicted molar refractivity (Wildman–Crippen MR) is 75.1 cm³/mol.